The van der Waals surface area contributed by atoms with Gasteiger partial charge in [0.2, 0.25) is 0 Å². The Morgan fingerprint density at radius 2 is 1.66 bits per heavy atom. The van der Waals surface area contributed by atoms with Gasteiger partial charge in [0.15, 0.2) is 0 Å². The first-order chi connectivity index (χ1) is 13.8. The number of anilines is 2. The average molecular weight is 429 g/mol. The Balaban J connectivity index is 1.39. The fourth-order valence-electron chi connectivity index (χ4n) is 6.53. The predicted molar refractivity (Wildman–Crippen MR) is 120 cm³/mol. The first kappa shape index (κ1) is 19.3. The molecule has 0 atom stereocenters. The van der Waals surface area contributed by atoms with Crippen LogP contribution >= 0.6 is 23.2 Å². The Bertz CT molecular complexity index is 942. The molecule has 0 aliphatic heterocycles. The first-order valence-corrected chi connectivity index (χ1v) is 11.3. The van der Waals surface area contributed by atoms with Gasteiger partial charge in [0.25, 0.3) is 5.91 Å². The van der Waals surface area contributed by atoms with E-state index in [4.69, 9.17) is 28.9 Å². The number of aryl methyl sites for hydroxylation is 1. The van der Waals surface area contributed by atoms with Gasteiger partial charge in [-0.3, -0.25) is 4.79 Å². The fourth-order valence-corrected chi connectivity index (χ4v) is 6.87. The van der Waals surface area contributed by atoms with Crippen LogP contribution in [0.3, 0.4) is 0 Å². The van der Waals surface area contributed by atoms with Gasteiger partial charge in [0.05, 0.1) is 15.7 Å². The van der Waals surface area contributed by atoms with Crippen molar-refractivity contribution >= 4 is 40.5 Å². The van der Waals surface area contributed by atoms with Crippen LogP contribution in [0.1, 0.15) is 60.0 Å². The van der Waals surface area contributed by atoms with E-state index in [0.717, 1.165) is 29.0 Å². The van der Waals surface area contributed by atoms with Crippen LogP contribution in [0.4, 0.5) is 11.4 Å². The van der Waals surface area contributed by atoms with Crippen molar-refractivity contribution in [3.63, 3.8) is 0 Å². The SMILES string of the molecule is Cc1cc(C23CC4CC(CC(C4)C2)C3)ccc1NC(=O)c1cc(N)c(Cl)c(Cl)c1. The summed E-state index contributed by atoms with van der Waals surface area (Å²) in [5.74, 6) is 2.52. The van der Waals surface area contributed by atoms with Crippen molar-refractivity contribution < 1.29 is 4.79 Å². The normalized spacial score (nSPS) is 29.8. The lowest BCUT2D eigenvalue weighted by Crippen LogP contribution is -2.48. The second-order valence-corrected chi connectivity index (χ2v) is 10.3. The van der Waals surface area contributed by atoms with Gasteiger partial charge < -0.3 is 11.1 Å². The van der Waals surface area contributed by atoms with E-state index in [1.165, 1.54) is 44.1 Å². The molecule has 4 aliphatic rings. The van der Waals surface area contributed by atoms with Crippen LogP contribution in [-0.2, 0) is 5.41 Å². The molecule has 4 saturated carbocycles. The molecule has 5 heteroatoms. The van der Waals surface area contributed by atoms with Gasteiger partial charge >= 0.3 is 0 Å². The number of amides is 1. The molecule has 152 valence electrons. The van der Waals surface area contributed by atoms with Crippen molar-refractivity contribution in [2.45, 2.75) is 50.9 Å². The molecule has 0 unspecified atom stereocenters. The van der Waals surface area contributed by atoms with Crippen LogP contribution in [0.5, 0.6) is 0 Å². The number of nitrogen functional groups attached to an aromatic ring is 1. The molecule has 2 aromatic rings. The molecular formula is C24H26Cl2N2O. The third kappa shape index (κ3) is 3.33. The van der Waals surface area contributed by atoms with E-state index >= 15 is 0 Å². The minimum atomic E-state index is -0.235. The third-order valence-corrected chi connectivity index (χ3v) is 8.26. The van der Waals surface area contributed by atoms with E-state index in [9.17, 15) is 4.79 Å². The number of nitrogens with one attached hydrogen (secondary N) is 1. The topological polar surface area (TPSA) is 55.1 Å². The maximum absolute atomic E-state index is 12.7. The van der Waals surface area contributed by atoms with Crippen LogP contribution in [0.15, 0.2) is 30.3 Å². The Morgan fingerprint density at radius 1 is 1.03 bits per heavy atom. The van der Waals surface area contributed by atoms with Crippen molar-refractivity contribution in [2.75, 3.05) is 11.1 Å². The molecule has 6 rings (SSSR count). The summed E-state index contributed by atoms with van der Waals surface area (Å²) in [6.07, 6.45) is 8.35. The lowest BCUT2D eigenvalue weighted by molar-refractivity contribution is -0.00520. The Hall–Kier alpha value is -1.71. The largest absolute Gasteiger partial charge is 0.397 e. The fraction of sp³-hybridized carbons (Fsp3) is 0.458. The maximum atomic E-state index is 12.7. The van der Waals surface area contributed by atoms with Gasteiger partial charge in [0.1, 0.15) is 0 Å². The summed E-state index contributed by atoms with van der Waals surface area (Å²) in [5.41, 5.74) is 10.3. The molecule has 0 heterocycles. The highest BCUT2D eigenvalue weighted by Gasteiger charge is 2.51. The summed E-state index contributed by atoms with van der Waals surface area (Å²) in [5, 5.41) is 3.57. The maximum Gasteiger partial charge on any atom is 0.255 e. The number of nitrogens with two attached hydrogens (primary N) is 1. The zero-order chi connectivity index (χ0) is 20.3. The van der Waals surface area contributed by atoms with Crippen LogP contribution in [0.2, 0.25) is 10.0 Å². The van der Waals surface area contributed by atoms with Gasteiger partial charge in [0, 0.05) is 11.3 Å². The molecule has 4 fully saturated rings. The predicted octanol–water partition coefficient (Wildman–Crippen LogP) is 6.60. The Morgan fingerprint density at radius 3 is 2.21 bits per heavy atom. The zero-order valence-corrected chi connectivity index (χ0v) is 18.1. The number of benzene rings is 2. The summed E-state index contributed by atoms with van der Waals surface area (Å²) in [6, 6.07) is 9.70. The molecule has 3 N–H and O–H groups in total. The summed E-state index contributed by atoms with van der Waals surface area (Å²) in [7, 11) is 0. The highest BCUT2D eigenvalue weighted by Crippen LogP contribution is 2.60. The zero-order valence-electron chi connectivity index (χ0n) is 16.6. The third-order valence-electron chi connectivity index (χ3n) is 7.44. The van der Waals surface area contributed by atoms with Gasteiger partial charge in [-0.15, -0.1) is 0 Å². The van der Waals surface area contributed by atoms with Crippen LogP contribution in [0, 0.1) is 24.7 Å². The van der Waals surface area contributed by atoms with Crippen LogP contribution < -0.4 is 11.1 Å². The number of hydrogen-bond acceptors (Lipinski definition) is 2. The molecule has 1 amide bonds. The van der Waals surface area contributed by atoms with Crippen LogP contribution in [0.25, 0.3) is 0 Å². The van der Waals surface area contributed by atoms with Crippen LogP contribution in [-0.4, -0.2) is 5.91 Å². The summed E-state index contributed by atoms with van der Waals surface area (Å²) in [4.78, 5) is 12.7. The molecule has 2 aromatic carbocycles. The average Bonchev–Trinajstić information content (AvgIpc) is 2.66. The van der Waals surface area contributed by atoms with E-state index in [1.54, 1.807) is 12.1 Å². The quantitative estimate of drug-likeness (QED) is 0.540. The van der Waals surface area contributed by atoms with E-state index in [1.807, 2.05) is 0 Å². The van der Waals surface area contributed by atoms with Crippen molar-refractivity contribution in [2.24, 2.45) is 17.8 Å². The van der Waals surface area contributed by atoms with Gasteiger partial charge in [-0.2, -0.15) is 0 Å². The van der Waals surface area contributed by atoms with Gasteiger partial charge in [-0.1, -0.05) is 35.3 Å². The summed E-state index contributed by atoms with van der Waals surface area (Å²) >= 11 is 12.1. The standard InChI is InChI=1S/C24H26Cl2N2O/c1-13-4-18(24-10-14-5-15(11-24)7-16(6-14)12-24)2-3-21(13)28-23(29)17-8-19(25)22(26)20(27)9-17/h2-4,8-9,14-16H,5-7,10-12,27H2,1H3,(H,28,29). The van der Waals surface area contributed by atoms with Crippen molar-refractivity contribution in [3.8, 4) is 0 Å². The monoisotopic (exact) mass is 428 g/mol. The van der Waals surface area contributed by atoms with Crippen molar-refractivity contribution in [1.29, 1.82) is 0 Å². The van der Waals surface area contributed by atoms with E-state index < -0.39 is 0 Å². The molecule has 0 radical (unpaired) electrons. The smallest absolute Gasteiger partial charge is 0.255 e. The van der Waals surface area contributed by atoms with Crippen molar-refractivity contribution in [3.05, 3.63) is 57.1 Å². The lowest BCUT2D eigenvalue weighted by Gasteiger charge is -2.57. The Kier molecular flexibility index (Phi) is 4.60. The van der Waals surface area contributed by atoms with E-state index in [0.29, 0.717) is 16.7 Å². The molecule has 0 spiro atoms. The second-order valence-electron chi connectivity index (χ2n) is 9.54. The number of halogens is 2. The highest BCUT2D eigenvalue weighted by atomic mass is 35.5. The molecule has 4 bridgehead atoms. The second kappa shape index (κ2) is 6.92. The summed E-state index contributed by atoms with van der Waals surface area (Å²) in [6.45, 7) is 2.07. The van der Waals surface area contributed by atoms with E-state index in [-0.39, 0.29) is 16.0 Å². The minimum absolute atomic E-state index is 0.235. The highest BCUT2D eigenvalue weighted by molar-refractivity contribution is 6.44. The molecule has 29 heavy (non-hydrogen) atoms. The van der Waals surface area contributed by atoms with Crippen molar-refractivity contribution in [1.82, 2.24) is 0 Å². The molecular weight excluding hydrogens is 403 g/mol. The van der Waals surface area contributed by atoms with Gasteiger partial charge in [-0.05, 0) is 97.9 Å². The summed E-state index contributed by atoms with van der Waals surface area (Å²) < 4.78 is 0. The molecule has 4 aliphatic carbocycles. The number of carbonyl (C=O) groups excluding carboxylic acids is 1. The minimum Gasteiger partial charge on any atom is -0.397 e. The number of carbonyl (C=O) groups is 1. The first-order valence-electron chi connectivity index (χ1n) is 10.5. The Labute approximate surface area is 182 Å². The van der Waals surface area contributed by atoms with E-state index in [2.05, 4.69) is 30.4 Å². The molecule has 0 aromatic heterocycles. The lowest BCUT2D eigenvalue weighted by atomic mass is 9.48. The van der Waals surface area contributed by atoms with Gasteiger partial charge in [-0.25, -0.2) is 0 Å². The number of hydrogen-bond donors (Lipinski definition) is 2. The number of rotatable bonds is 3. The molecule has 3 nitrogen and oxygen atoms in total. The molecule has 0 saturated heterocycles.